The molecule has 1 aliphatic rings. The molecule has 3 heteroatoms. The van der Waals surface area contributed by atoms with Crippen molar-refractivity contribution in [2.24, 2.45) is 11.8 Å². The van der Waals surface area contributed by atoms with Crippen molar-refractivity contribution in [3.63, 3.8) is 0 Å². The lowest BCUT2D eigenvalue weighted by molar-refractivity contribution is 0.0734. The van der Waals surface area contributed by atoms with Crippen molar-refractivity contribution in [1.29, 1.82) is 5.26 Å². The topological polar surface area (TPSA) is 50.1 Å². The van der Waals surface area contributed by atoms with Gasteiger partial charge in [0.15, 0.2) is 0 Å². The molecule has 0 atom stereocenters. The zero-order valence-electron chi connectivity index (χ0n) is 22.7. The Morgan fingerprint density at radius 3 is 2.33 bits per heavy atom. The standard InChI is InChI=1S/C33H45NO2/c1-4-5-6-7-8-9-10-27-15-22-32(31(23-27)24-34)36-33(35)30-20-18-29(19-21-30)28-16-13-26(14-17-28)12-11-25(2)3/h15,18-23,25-26,28H,4-14,16-17H2,1-3H3. The average Bonchev–Trinajstić information content (AvgIpc) is 2.90. The number of ether oxygens (including phenoxy) is 1. The van der Waals surface area contributed by atoms with Crippen LogP contribution in [0.5, 0.6) is 5.75 Å². The van der Waals surface area contributed by atoms with Crippen molar-refractivity contribution >= 4 is 5.97 Å². The van der Waals surface area contributed by atoms with Gasteiger partial charge < -0.3 is 4.74 Å². The van der Waals surface area contributed by atoms with Crippen LogP contribution in [0.15, 0.2) is 42.5 Å². The molecule has 1 saturated carbocycles. The zero-order valence-corrected chi connectivity index (χ0v) is 22.7. The van der Waals surface area contributed by atoms with Gasteiger partial charge >= 0.3 is 5.97 Å². The van der Waals surface area contributed by atoms with E-state index in [1.807, 2.05) is 24.3 Å². The number of nitrogens with zero attached hydrogens (tertiary/aromatic N) is 1. The molecule has 194 valence electrons. The molecule has 0 radical (unpaired) electrons. The number of aryl methyl sites for hydroxylation is 1. The van der Waals surface area contributed by atoms with E-state index in [1.54, 1.807) is 6.07 Å². The van der Waals surface area contributed by atoms with Gasteiger partial charge in [-0.25, -0.2) is 4.79 Å². The Labute approximate surface area is 219 Å². The van der Waals surface area contributed by atoms with Gasteiger partial charge in [-0.15, -0.1) is 0 Å². The number of nitriles is 1. The second-order valence-corrected chi connectivity index (χ2v) is 11.2. The fourth-order valence-electron chi connectivity index (χ4n) is 5.42. The number of benzene rings is 2. The molecule has 0 unspecified atom stereocenters. The highest BCUT2D eigenvalue weighted by atomic mass is 16.5. The van der Waals surface area contributed by atoms with Gasteiger partial charge in [0.05, 0.1) is 11.1 Å². The summed E-state index contributed by atoms with van der Waals surface area (Å²) in [4.78, 5) is 12.8. The molecule has 36 heavy (non-hydrogen) atoms. The van der Waals surface area contributed by atoms with Crippen LogP contribution >= 0.6 is 0 Å². The van der Waals surface area contributed by atoms with Crippen molar-refractivity contribution < 1.29 is 9.53 Å². The molecule has 0 bridgehead atoms. The molecular formula is C33H45NO2. The number of unbranched alkanes of at least 4 members (excludes halogenated alkanes) is 5. The molecule has 0 heterocycles. The van der Waals surface area contributed by atoms with Crippen molar-refractivity contribution in [1.82, 2.24) is 0 Å². The first-order valence-electron chi connectivity index (χ1n) is 14.3. The zero-order chi connectivity index (χ0) is 25.8. The Bertz CT molecular complexity index is 978. The van der Waals surface area contributed by atoms with Crippen molar-refractivity contribution in [2.45, 2.75) is 110 Å². The van der Waals surface area contributed by atoms with Crippen LogP contribution in [0.2, 0.25) is 0 Å². The molecule has 2 aromatic carbocycles. The SMILES string of the molecule is CCCCCCCCc1ccc(OC(=O)c2ccc(C3CCC(CCC(C)C)CC3)cc2)c(C#N)c1. The lowest BCUT2D eigenvalue weighted by Gasteiger charge is -2.29. The van der Waals surface area contributed by atoms with Gasteiger partial charge in [0, 0.05) is 0 Å². The maximum atomic E-state index is 12.8. The van der Waals surface area contributed by atoms with Crippen molar-refractivity contribution in [3.05, 3.63) is 64.7 Å². The number of esters is 1. The van der Waals surface area contributed by atoms with Crippen molar-refractivity contribution in [2.75, 3.05) is 0 Å². The average molecular weight is 488 g/mol. The summed E-state index contributed by atoms with van der Waals surface area (Å²) in [6, 6.07) is 15.8. The molecule has 0 saturated heterocycles. The highest BCUT2D eigenvalue weighted by Gasteiger charge is 2.23. The van der Waals surface area contributed by atoms with Crippen LogP contribution in [-0.4, -0.2) is 5.97 Å². The minimum absolute atomic E-state index is 0.345. The largest absolute Gasteiger partial charge is 0.422 e. The van der Waals surface area contributed by atoms with Crippen LogP contribution in [0.3, 0.4) is 0 Å². The van der Waals surface area contributed by atoms with Gasteiger partial charge in [0.25, 0.3) is 0 Å². The van der Waals surface area contributed by atoms with E-state index in [4.69, 9.17) is 4.74 Å². The van der Waals surface area contributed by atoms with E-state index < -0.39 is 5.97 Å². The minimum atomic E-state index is -0.404. The molecule has 0 amide bonds. The van der Waals surface area contributed by atoms with E-state index in [0.717, 1.165) is 30.2 Å². The summed E-state index contributed by atoms with van der Waals surface area (Å²) in [5, 5.41) is 9.61. The number of carbonyl (C=O) groups is 1. The summed E-state index contributed by atoms with van der Waals surface area (Å²) >= 11 is 0. The first-order valence-corrected chi connectivity index (χ1v) is 14.3. The molecule has 0 spiro atoms. The number of hydrogen-bond donors (Lipinski definition) is 0. The summed E-state index contributed by atoms with van der Waals surface area (Å²) < 4.78 is 5.63. The molecule has 0 N–H and O–H groups in total. The van der Waals surface area contributed by atoms with E-state index in [-0.39, 0.29) is 0 Å². The Hall–Kier alpha value is -2.60. The third kappa shape index (κ3) is 8.81. The van der Waals surface area contributed by atoms with Crippen LogP contribution in [-0.2, 0) is 6.42 Å². The Morgan fingerprint density at radius 1 is 0.972 bits per heavy atom. The van der Waals surface area contributed by atoms with Gasteiger partial charge in [-0.1, -0.05) is 83.9 Å². The molecule has 2 aromatic rings. The molecule has 1 fully saturated rings. The predicted octanol–water partition coefficient (Wildman–Crippen LogP) is 9.39. The second-order valence-electron chi connectivity index (χ2n) is 11.2. The monoisotopic (exact) mass is 487 g/mol. The van der Waals surface area contributed by atoms with Crippen molar-refractivity contribution in [3.8, 4) is 11.8 Å². The van der Waals surface area contributed by atoms with Crippen LogP contribution < -0.4 is 4.74 Å². The van der Waals surface area contributed by atoms with Gasteiger partial charge in [-0.05, 0) is 91.7 Å². The highest BCUT2D eigenvalue weighted by Crippen LogP contribution is 2.38. The summed E-state index contributed by atoms with van der Waals surface area (Å²) in [6.07, 6.45) is 16.2. The molecule has 3 rings (SSSR count). The second kappa shape index (κ2) is 14.8. The highest BCUT2D eigenvalue weighted by molar-refractivity contribution is 5.91. The maximum Gasteiger partial charge on any atom is 0.343 e. The normalized spacial score (nSPS) is 17.6. The van der Waals surface area contributed by atoms with E-state index in [1.165, 1.54) is 76.2 Å². The molecule has 3 nitrogen and oxygen atoms in total. The summed E-state index contributed by atoms with van der Waals surface area (Å²) in [5.74, 6) is 2.21. The minimum Gasteiger partial charge on any atom is -0.422 e. The Balaban J connectivity index is 1.50. The maximum absolute atomic E-state index is 12.8. The molecule has 0 aromatic heterocycles. The lowest BCUT2D eigenvalue weighted by Crippen LogP contribution is -2.14. The van der Waals surface area contributed by atoms with Crippen LogP contribution in [0.4, 0.5) is 0 Å². The number of hydrogen-bond acceptors (Lipinski definition) is 3. The molecule has 0 aliphatic heterocycles. The van der Waals surface area contributed by atoms with Gasteiger partial charge in [-0.2, -0.15) is 5.26 Å². The third-order valence-corrected chi connectivity index (χ3v) is 7.80. The number of carbonyl (C=O) groups excluding carboxylic acids is 1. The van der Waals surface area contributed by atoms with Gasteiger partial charge in [-0.3, -0.25) is 0 Å². The van der Waals surface area contributed by atoms with Crippen LogP contribution in [0.25, 0.3) is 0 Å². The molecule has 1 aliphatic carbocycles. The summed E-state index contributed by atoms with van der Waals surface area (Å²) in [6.45, 7) is 6.85. The fraction of sp³-hybridized carbons (Fsp3) is 0.576. The third-order valence-electron chi connectivity index (χ3n) is 7.80. The fourth-order valence-corrected chi connectivity index (χ4v) is 5.42. The number of rotatable bonds is 13. The Morgan fingerprint density at radius 2 is 1.67 bits per heavy atom. The first-order chi connectivity index (χ1) is 17.5. The quantitative estimate of drug-likeness (QED) is 0.161. The van der Waals surface area contributed by atoms with Crippen LogP contribution in [0.1, 0.15) is 131 Å². The van der Waals surface area contributed by atoms with E-state index in [9.17, 15) is 10.1 Å². The summed E-state index contributed by atoms with van der Waals surface area (Å²) in [7, 11) is 0. The summed E-state index contributed by atoms with van der Waals surface area (Å²) in [5.41, 5.74) is 3.41. The van der Waals surface area contributed by atoms with E-state index in [2.05, 4.69) is 39.0 Å². The predicted molar refractivity (Wildman–Crippen MR) is 148 cm³/mol. The lowest BCUT2D eigenvalue weighted by atomic mass is 9.76. The molecular weight excluding hydrogens is 442 g/mol. The van der Waals surface area contributed by atoms with Gasteiger partial charge in [0.1, 0.15) is 11.8 Å². The van der Waals surface area contributed by atoms with Crippen LogP contribution in [0, 0.1) is 23.2 Å². The smallest absolute Gasteiger partial charge is 0.343 e. The Kier molecular flexibility index (Phi) is 11.5. The van der Waals surface area contributed by atoms with Gasteiger partial charge in [0.2, 0.25) is 0 Å². The van der Waals surface area contributed by atoms with E-state index in [0.29, 0.717) is 22.8 Å². The van der Waals surface area contributed by atoms with E-state index >= 15 is 0 Å². The first kappa shape index (κ1) is 28.0.